The topological polar surface area (TPSA) is 81.8 Å². The number of methoxy groups -OCH3 is 1. The van der Waals surface area contributed by atoms with Gasteiger partial charge in [0.1, 0.15) is 18.1 Å². The van der Waals surface area contributed by atoms with E-state index in [0.717, 1.165) is 11.3 Å². The van der Waals surface area contributed by atoms with Crippen LogP contribution in [0.25, 0.3) is 0 Å². The van der Waals surface area contributed by atoms with Crippen molar-refractivity contribution in [3.63, 3.8) is 0 Å². The maximum Gasteiger partial charge on any atom is 0.312 e. The average molecular weight is 281 g/mol. The summed E-state index contributed by atoms with van der Waals surface area (Å²) < 4.78 is 10.9. The van der Waals surface area contributed by atoms with Crippen LogP contribution in [0.15, 0.2) is 18.2 Å². The highest BCUT2D eigenvalue weighted by molar-refractivity contribution is 5.73. The highest BCUT2D eigenvalue weighted by Gasteiger charge is 2.28. The van der Waals surface area contributed by atoms with Crippen molar-refractivity contribution in [3.05, 3.63) is 23.8 Å². The number of nitrogens with two attached hydrogens (primary N) is 1. The third kappa shape index (κ3) is 4.42. The Balaban J connectivity index is 2.91. The minimum absolute atomic E-state index is 0.0167. The van der Waals surface area contributed by atoms with Crippen LogP contribution in [0.3, 0.4) is 0 Å². The molecule has 0 aromatic heterocycles. The van der Waals surface area contributed by atoms with Crippen LogP contribution in [0.5, 0.6) is 11.5 Å². The van der Waals surface area contributed by atoms with E-state index in [2.05, 4.69) is 0 Å². The molecule has 0 heterocycles. The predicted octanol–water partition coefficient (Wildman–Crippen LogP) is 2.07. The van der Waals surface area contributed by atoms with Crippen molar-refractivity contribution in [2.75, 3.05) is 13.7 Å². The van der Waals surface area contributed by atoms with Crippen molar-refractivity contribution in [3.8, 4) is 11.5 Å². The molecule has 20 heavy (non-hydrogen) atoms. The summed E-state index contributed by atoms with van der Waals surface area (Å²) in [5.74, 6) is 0.489. The molecule has 5 heteroatoms. The molecule has 1 atom stereocenters. The Bertz CT molecular complexity index is 469. The molecular formula is C15H23NO4. The van der Waals surface area contributed by atoms with E-state index in [0.29, 0.717) is 12.2 Å². The van der Waals surface area contributed by atoms with E-state index in [4.69, 9.17) is 20.3 Å². The van der Waals surface area contributed by atoms with E-state index in [1.807, 2.05) is 13.0 Å². The molecule has 0 amide bonds. The average Bonchev–Trinajstić information content (AvgIpc) is 2.36. The maximum atomic E-state index is 11.1. The lowest BCUT2D eigenvalue weighted by molar-refractivity contribution is -0.148. The van der Waals surface area contributed by atoms with Crippen molar-refractivity contribution in [1.82, 2.24) is 0 Å². The third-order valence-corrected chi connectivity index (χ3v) is 2.98. The van der Waals surface area contributed by atoms with Gasteiger partial charge in [-0.15, -0.1) is 0 Å². The summed E-state index contributed by atoms with van der Waals surface area (Å²) in [6.07, 6.45) is 0.639. The molecular weight excluding hydrogens is 258 g/mol. The molecule has 1 aromatic rings. The first kappa shape index (κ1) is 16.3. The Morgan fingerprint density at radius 3 is 2.60 bits per heavy atom. The van der Waals surface area contributed by atoms with Gasteiger partial charge in [-0.25, -0.2) is 0 Å². The van der Waals surface area contributed by atoms with Crippen LogP contribution >= 0.6 is 0 Å². The molecule has 0 saturated heterocycles. The first-order valence-electron chi connectivity index (χ1n) is 6.55. The van der Waals surface area contributed by atoms with Gasteiger partial charge in [0.25, 0.3) is 0 Å². The Kier molecular flexibility index (Phi) is 5.39. The number of hydrogen-bond donors (Lipinski definition) is 2. The second kappa shape index (κ2) is 6.61. The molecule has 1 rings (SSSR count). The molecule has 0 aliphatic heterocycles. The quantitative estimate of drug-likeness (QED) is 0.799. The molecule has 5 nitrogen and oxygen atoms in total. The summed E-state index contributed by atoms with van der Waals surface area (Å²) in [7, 11) is 1.60. The Labute approximate surface area is 119 Å². The SMILES string of the molecule is COc1ccc(OCC(C)(C)C(=O)O)c(CC(C)N)c1. The van der Waals surface area contributed by atoms with Crippen LogP contribution in [0.1, 0.15) is 26.3 Å². The van der Waals surface area contributed by atoms with Crippen LogP contribution in [0.2, 0.25) is 0 Å². The summed E-state index contributed by atoms with van der Waals surface area (Å²) >= 11 is 0. The summed E-state index contributed by atoms with van der Waals surface area (Å²) in [6.45, 7) is 5.26. The van der Waals surface area contributed by atoms with Crippen molar-refractivity contribution >= 4 is 5.97 Å². The van der Waals surface area contributed by atoms with E-state index in [9.17, 15) is 4.79 Å². The first-order valence-corrected chi connectivity index (χ1v) is 6.55. The normalized spacial score (nSPS) is 12.8. The number of aliphatic carboxylic acids is 1. The van der Waals surface area contributed by atoms with E-state index in [1.165, 1.54) is 0 Å². The number of benzene rings is 1. The van der Waals surface area contributed by atoms with Gasteiger partial charge in [-0.05, 0) is 51.0 Å². The van der Waals surface area contributed by atoms with Gasteiger partial charge < -0.3 is 20.3 Å². The van der Waals surface area contributed by atoms with E-state index >= 15 is 0 Å². The zero-order chi connectivity index (χ0) is 15.3. The number of ether oxygens (including phenoxy) is 2. The molecule has 0 aliphatic rings. The first-order chi connectivity index (χ1) is 9.26. The highest BCUT2D eigenvalue weighted by Crippen LogP contribution is 2.27. The lowest BCUT2D eigenvalue weighted by Crippen LogP contribution is -2.31. The predicted molar refractivity (Wildman–Crippen MR) is 77.3 cm³/mol. The fourth-order valence-corrected chi connectivity index (χ4v) is 1.65. The van der Waals surface area contributed by atoms with Gasteiger partial charge >= 0.3 is 5.97 Å². The monoisotopic (exact) mass is 281 g/mol. The molecule has 0 fully saturated rings. The smallest absolute Gasteiger partial charge is 0.312 e. The van der Waals surface area contributed by atoms with E-state index < -0.39 is 11.4 Å². The standard InChI is InChI=1S/C15H23NO4/c1-10(16)7-11-8-12(19-4)5-6-13(11)20-9-15(2,3)14(17)18/h5-6,8,10H,7,9,16H2,1-4H3,(H,17,18). The Morgan fingerprint density at radius 2 is 2.10 bits per heavy atom. The van der Waals surface area contributed by atoms with Crippen molar-refractivity contribution in [2.45, 2.75) is 33.2 Å². The number of carboxylic acid groups (broad SMARTS) is 1. The second-order valence-electron chi connectivity index (χ2n) is 5.63. The van der Waals surface area contributed by atoms with Crippen LogP contribution < -0.4 is 15.2 Å². The number of carbonyl (C=O) groups is 1. The largest absolute Gasteiger partial charge is 0.497 e. The van der Waals surface area contributed by atoms with Gasteiger partial charge in [0.05, 0.1) is 12.5 Å². The summed E-state index contributed by atoms with van der Waals surface area (Å²) in [5, 5.41) is 9.10. The molecule has 0 spiro atoms. The minimum atomic E-state index is -0.939. The fraction of sp³-hybridized carbons (Fsp3) is 0.533. The van der Waals surface area contributed by atoms with Gasteiger partial charge in [-0.3, -0.25) is 4.79 Å². The molecule has 1 aromatic carbocycles. The molecule has 112 valence electrons. The third-order valence-electron chi connectivity index (χ3n) is 2.98. The number of hydrogen-bond acceptors (Lipinski definition) is 4. The summed E-state index contributed by atoms with van der Waals surface area (Å²) in [4.78, 5) is 11.1. The van der Waals surface area contributed by atoms with Gasteiger partial charge in [-0.2, -0.15) is 0 Å². The van der Waals surface area contributed by atoms with Crippen LogP contribution in [-0.4, -0.2) is 30.8 Å². The summed E-state index contributed by atoms with van der Waals surface area (Å²) in [6, 6.07) is 5.42. The molecule has 0 radical (unpaired) electrons. The van der Waals surface area contributed by atoms with Crippen LogP contribution in [0, 0.1) is 5.41 Å². The zero-order valence-electron chi connectivity index (χ0n) is 12.5. The number of carboxylic acids is 1. The van der Waals surface area contributed by atoms with Gasteiger partial charge in [-0.1, -0.05) is 0 Å². The molecule has 3 N–H and O–H groups in total. The number of rotatable bonds is 7. The maximum absolute atomic E-state index is 11.1. The molecule has 1 unspecified atom stereocenters. The minimum Gasteiger partial charge on any atom is -0.497 e. The van der Waals surface area contributed by atoms with E-state index in [-0.39, 0.29) is 12.6 Å². The van der Waals surface area contributed by atoms with Crippen molar-refractivity contribution in [2.24, 2.45) is 11.1 Å². The van der Waals surface area contributed by atoms with Crippen molar-refractivity contribution in [1.29, 1.82) is 0 Å². The van der Waals surface area contributed by atoms with Gasteiger partial charge in [0, 0.05) is 6.04 Å². The van der Waals surface area contributed by atoms with Gasteiger partial charge in [0.2, 0.25) is 0 Å². The lowest BCUT2D eigenvalue weighted by atomic mass is 9.95. The van der Waals surface area contributed by atoms with Crippen LogP contribution in [-0.2, 0) is 11.2 Å². The highest BCUT2D eigenvalue weighted by atomic mass is 16.5. The second-order valence-corrected chi connectivity index (χ2v) is 5.63. The van der Waals surface area contributed by atoms with Gasteiger partial charge in [0.15, 0.2) is 0 Å². The fourth-order valence-electron chi connectivity index (χ4n) is 1.65. The van der Waals surface area contributed by atoms with Crippen molar-refractivity contribution < 1.29 is 19.4 Å². The molecule has 0 saturated carbocycles. The Morgan fingerprint density at radius 1 is 1.45 bits per heavy atom. The van der Waals surface area contributed by atoms with E-state index in [1.54, 1.807) is 33.1 Å². The lowest BCUT2D eigenvalue weighted by Gasteiger charge is -2.21. The summed E-state index contributed by atoms with van der Waals surface area (Å²) in [5.41, 5.74) is 5.80. The molecule has 0 aliphatic carbocycles. The molecule has 0 bridgehead atoms. The zero-order valence-corrected chi connectivity index (χ0v) is 12.5. The Hall–Kier alpha value is -1.75. The van der Waals surface area contributed by atoms with Crippen LogP contribution in [0.4, 0.5) is 0 Å².